The van der Waals surface area contributed by atoms with Gasteiger partial charge in [0.1, 0.15) is 18.0 Å². The minimum atomic E-state index is 0.00630. The van der Waals surface area contributed by atoms with Crippen molar-refractivity contribution in [2.45, 2.75) is 32.7 Å². The van der Waals surface area contributed by atoms with Crippen LogP contribution in [0.3, 0.4) is 0 Å². The number of aromatic nitrogens is 2. The molecule has 1 aromatic heterocycles. The first-order chi connectivity index (χ1) is 7.49. The summed E-state index contributed by atoms with van der Waals surface area (Å²) in [4.78, 5) is 10.2. The molecule has 0 amide bonds. The Hall–Kier alpha value is -1.36. The minimum Gasteiger partial charge on any atom is -0.394 e. The molecule has 0 saturated heterocycles. The maximum absolute atomic E-state index is 9.15. The Morgan fingerprint density at radius 3 is 2.50 bits per heavy atom. The third-order valence-corrected chi connectivity index (χ3v) is 2.73. The summed E-state index contributed by atoms with van der Waals surface area (Å²) in [7, 11) is 1.90. The third-order valence-electron chi connectivity index (χ3n) is 2.73. The summed E-state index contributed by atoms with van der Waals surface area (Å²) in [6.45, 7) is 6.12. The molecule has 5 nitrogen and oxygen atoms in total. The van der Waals surface area contributed by atoms with E-state index in [-0.39, 0.29) is 18.6 Å². The molecular formula is C11H20N4O. The van der Waals surface area contributed by atoms with Gasteiger partial charge in [-0.3, -0.25) is 0 Å². The second kappa shape index (κ2) is 5.12. The van der Waals surface area contributed by atoms with Crippen molar-refractivity contribution in [2.75, 3.05) is 24.3 Å². The molecule has 1 heterocycles. The monoisotopic (exact) mass is 224 g/mol. The lowest BCUT2D eigenvalue weighted by Gasteiger charge is -2.27. The summed E-state index contributed by atoms with van der Waals surface area (Å²) >= 11 is 0. The highest BCUT2D eigenvalue weighted by Gasteiger charge is 2.18. The van der Waals surface area contributed by atoms with Crippen LogP contribution in [0.5, 0.6) is 0 Å². The van der Waals surface area contributed by atoms with Crippen LogP contribution in [-0.2, 0) is 0 Å². The van der Waals surface area contributed by atoms with Crippen molar-refractivity contribution in [1.82, 2.24) is 9.97 Å². The highest BCUT2D eigenvalue weighted by Crippen LogP contribution is 2.29. The molecule has 1 atom stereocenters. The van der Waals surface area contributed by atoms with Crippen molar-refractivity contribution in [3.8, 4) is 0 Å². The van der Waals surface area contributed by atoms with E-state index >= 15 is 0 Å². The maximum Gasteiger partial charge on any atom is 0.137 e. The van der Waals surface area contributed by atoms with E-state index in [2.05, 4.69) is 23.8 Å². The van der Waals surface area contributed by atoms with Crippen LogP contribution in [0.15, 0.2) is 6.33 Å². The van der Waals surface area contributed by atoms with Gasteiger partial charge in [-0.1, -0.05) is 13.8 Å². The maximum atomic E-state index is 9.15. The van der Waals surface area contributed by atoms with Crippen molar-refractivity contribution < 1.29 is 5.11 Å². The Kier molecular flexibility index (Phi) is 4.06. The van der Waals surface area contributed by atoms with Crippen molar-refractivity contribution in [3.05, 3.63) is 11.9 Å². The zero-order valence-electron chi connectivity index (χ0n) is 10.3. The van der Waals surface area contributed by atoms with Crippen LogP contribution < -0.4 is 10.6 Å². The highest BCUT2D eigenvalue weighted by molar-refractivity contribution is 5.58. The molecule has 0 aliphatic heterocycles. The van der Waals surface area contributed by atoms with Crippen LogP contribution in [-0.4, -0.2) is 34.8 Å². The number of aliphatic hydroxyl groups is 1. The van der Waals surface area contributed by atoms with Gasteiger partial charge in [-0.05, 0) is 12.8 Å². The first-order valence-corrected chi connectivity index (χ1v) is 5.43. The minimum absolute atomic E-state index is 0.00630. The first-order valence-electron chi connectivity index (χ1n) is 5.43. The van der Waals surface area contributed by atoms with Crippen LogP contribution in [0.25, 0.3) is 0 Å². The normalized spacial score (nSPS) is 12.9. The lowest BCUT2D eigenvalue weighted by molar-refractivity contribution is 0.269. The third kappa shape index (κ3) is 2.41. The second-order valence-electron chi connectivity index (χ2n) is 4.29. The number of likely N-dealkylation sites (N-methyl/N-ethyl adjacent to an activating group) is 1. The highest BCUT2D eigenvalue weighted by atomic mass is 16.3. The molecule has 1 rings (SSSR count). The quantitative estimate of drug-likeness (QED) is 0.798. The molecule has 0 spiro atoms. The van der Waals surface area contributed by atoms with Gasteiger partial charge in [0.15, 0.2) is 0 Å². The lowest BCUT2D eigenvalue weighted by atomic mass is 10.0. The molecule has 90 valence electrons. The summed E-state index contributed by atoms with van der Waals surface area (Å²) < 4.78 is 0. The Balaban J connectivity index is 3.17. The van der Waals surface area contributed by atoms with Gasteiger partial charge in [-0.2, -0.15) is 0 Å². The van der Waals surface area contributed by atoms with E-state index < -0.39 is 0 Å². The molecule has 0 aliphatic rings. The fourth-order valence-electron chi connectivity index (χ4n) is 1.57. The molecule has 0 saturated carbocycles. The Morgan fingerprint density at radius 1 is 1.38 bits per heavy atom. The molecule has 16 heavy (non-hydrogen) atoms. The fraction of sp³-hybridized carbons (Fsp3) is 0.636. The summed E-state index contributed by atoms with van der Waals surface area (Å²) in [6, 6.07) is 0.00630. The summed E-state index contributed by atoms with van der Waals surface area (Å²) in [5, 5.41) is 9.15. The number of nitrogen functional groups attached to an aromatic ring is 1. The predicted molar refractivity (Wildman–Crippen MR) is 65.5 cm³/mol. The van der Waals surface area contributed by atoms with Gasteiger partial charge in [0.2, 0.25) is 0 Å². The van der Waals surface area contributed by atoms with Crippen LogP contribution in [0.4, 0.5) is 11.6 Å². The van der Waals surface area contributed by atoms with Gasteiger partial charge >= 0.3 is 0 Å². The molecule has 0 bridgehead atoms. The van der Waals surface area contributed by atoms with Gasteiger partial charge in [-0.25, -0.2) is 9.97 Å². The zero-order chi connectivity index (χ0) is 12.3. The topological polar surface area (TPSA) is 75.3 Å². The molecule has 0 fully saturated rings. The number of aliphatic hydroxyl groups excluding tert-OH is 1. The van der Waals surface area contributed by atoms with E-state index in [9.17, 15) is 0 Å². The summed E-state index contributed by atoms with van der Waals surface area (Å²) in [6.07, 6.45) is 1.46. The smallest absolute Gasteiger partial charge is 0.137 e. The molecule has 0 radical (unpaired) electrons. The molecule has 5 heteroatoms. The molecule has 3 N–H and O–H groups in total. The van der Waals surface area contributed by atoms with E-state index in [0.717, 1.165) is 11.4 Å². The molecule has 0 aromatic carbocycles. The van der Waals surface area contributed by atoms with Crippen LogP contribution in [0, 0.1) is 0 Å². The Labute approximate surface area is 96.3 Å². The van der Waals surface area contributed by atoms with Gasteiger partial charge in [0.05, 0.1) is 12.6 Å². The van der Waals surface area contributed by atoms with E-state index in [1.54, 1.807) is 0 Å². The molecule has 1 unspecified atom stereocenters. The van der Waals surface area contributed by atoms with E-state index in [0.29, 0.717) is 5.82 Å². The van der Waals surface area contributed by atoms with Gasteiger partial charge in [-0.15, -0.1) is 0 Å². The SMILES string of the molecule is CC(C)c1c(N)ncnc1N(C)C(C)CO. The lowest BCUT2D eigenvalue weighted by Crippen LogP contribution is -2.33. The van der Waals surface area contributed by atoms with Crippen molar-refractivity contribution in [1.29, 1.82) is 0 Å². The van der Waals surface area contributed by atoms with Crippen LogP contribution in [0.1, 0.15) is 32.3 Å². The number of hydrogen-bond acceptors (Lipinski definition) is 5. The number of anilines is 2. The van der Waals surface area contributed by atoms with Crippen molar-refractivity contribution >= 4 is 11.6 Å². The molecule has 1 aromatic rings. The molecule has 0 aliphatic carbocycles. The largest absolute Gasteiger partial charge is 0.394 e. The van der Waals surface area contributed by atoms with Crippen LogP contribution >= 0.6 is 0 Å². The number of nitrogens with two attached hydrogens (primary N) is 1. The van der Waals surface area contributed by atoms with Gasteiger partial charge < -0.3 is 15.7 Å². The second-order valence-corrected chi connectivity index (χ2v) is 4.29. The van der Waals surface area contributed by atoms with Gasteiger partial charge in [0, 0.05) is 12.6 Å². The number of nitrogens with zero attached hydrogens (tertiary/aromatic N) is 3. The van der Waals surface area contributed by atoms with Crippen molar-refractivity contribution in [3.63, 3.8) is 0 Å². The van der Waals surface area contributed by atoms with Gasteiger partial charge in [0.25, 0.3) is 0 Å². The average molecular weight is 224 g/mol. The van der Waals surface area contributed by atoms with E-state index in [4.69, 9.17) is 10.8 Å². The van der Waals surface area contributed by atoms with Crippen LogP contribution in [0.2, 0.25) is 0 Å². The van der Waals surface area contributed by atoms with Crippen molar-refractivity contribution in [2.24, 2.45) is 0 Å². The van der Waals surface area contributed by atoms with E-state index in [1.165, 1.54) is 6.33 Å². The first kappa shape index (κ1) is 12.7. The predicted octanol–water partition coefficient (Wildman–Crippen LogP) is 0.999. The average Bonchev–Trinajstić information content (AvgIpc) is 2.26. The molecular weight excluding hydrogens is 204 g/mol. The summed E-state index contributed by atoms with van der Waals surface area (Å²) in [5.41, 5.74) is 6.80. The van der Waals surface area contributed by atoms with E-state index in [1.807, 2.05) is 18.9 Å². The number of rotatable bonds is 4. The fourth-order valence-corrected chi connectivity index (χ4v) is 1.57. The summed E-state index contributed by atoms with van der Waals surface area (Å²) in [5.74, 6) is 1.56. The Morgan fingerprint density at radius 2 is 2.00 bits per heavy atom. The standard InChI is InChI=1S/C11H20N4O/c1-7(2)9-10(12)13-6-14-11(9)15(4)8(3)5-16/h6-8,16H,5H2,1-4H3,(H2,12,13,14). The Bertz CT molecular complexity index is 354. The zero-order valence-corrected chi connectivity index (χ0v) is 10.3. The number of hydrogen-bond donors (Lipinski definition) is 2.